The van der Waals surface area contributed by atoms with Gasteiger partial charge in [0.25, 0.3) is 5.91 Å². The van der Waals surface area contributed by atoms with Gasteiger partial charge in [0.1, 0.15) is 0 Å². The molecule has 0 radical (unpaired) electrons. The molecule has 0 aliphatic rings. The molecule has 1 rings (SSSR count). The van der Waals surface area contributed by atoms with E-state index in [1.54, 1.807) is 0 Å². The lowest BCUT2D eigenvalue weighted by molar-refractivity contribution is 0.0900. The summed E-state index contributed by atoms with van der Waals surface area (Å²) in [6.45, 7) is 6.49. The van der Waals surface area contributed by atoms with Crippen molar-refractivity contribution in [2.24, 2.45) is 5.92 Å². The standard InChI is InChI=1S/C15H23NO2/c1-4-12-5-7-13(8-6-12)15(18)16-10-14(17)9-11(2)3/h5-8,11,14,17H,4,9-10H2,1-3H3,(H,16,18). The number of carbonyl (C=O) groups excluding carboxylic acids is 1. The molecule has 3 nitrogen and oxygen atoms in total. The van der Waals surface area contributed by atoms with E-state index in [0.717, 1.165) is 6.42 Å². The minimum Gasteiger partial charge on any atom is -0.391 e. The Labute approximate surface area is 109 Å². The van der Waals surface area contributed by atoms with E-state index >= 15 is 0 Å². The van der Waals surface area contributed by atoms with Crippen LogP contribution < -0.4 is 5.32 Å². The van der Waals surface area contributed by atoms with Crippen LogP contribution in [-0.4, -0.2) is 23.7 Å². The van der Waals surface area contributed by atoms with Crippen LogP contribution >= 0.6 is 0 Å². The highest BCUT2D eigenvalue weighted by molar-refractivity contribution is 5.94. The van der Waals surface area contributed by atoms with E-state index in [-0.39, 0.29) is 5.91 Å². The van der Waals surface area contributed by atoms with Crippen LogP contribution in [0.25, 0.3) is 0 Å². The van der Waals surface area contributed by atoms with Gasteiger partial charge in [-0.2, -0.15) is 0 Å². The van der Waals surface area contributed by atoms with Crippen LogP contribution in [0.3, 0.4) is 0 Å². The monoisotopic (exact) mass is 249 g/mol. The van der Waals surface area contributed by atoms with Gasteiger partial charge in [0, 0.05) is 12.1 Å². The quantitative estimate of drug-likeness (QED) is 0.813. The molecule has 100 valence electrons. The van der Waals surface area contributed by atoms with E-state index in [2.05, 4.69) is 26.1 Å². The van der Waals surface area contributed by atoms with Crippen LogP contribution in [-0.2, 0) is 6.42 Å². The zero-order chi connectivity index (χ0) is 13.5. The summed E-state index contributed by atoms with van der Waals surface area (Å²) in [4.78, 5) is 11.8. The average molecular weight is 249 g/mol. The molecule has 18 heavy (non-hydrogen) atoms. The van der Waals surface area contributed by atoms with Crippen molar-refractivity contribution in [2.75, 3.05) is 6.54 Å². The molecule has 0 saturated heterocycles. The molecule has 0 heterocycles. The second kappa shape index (κ2) is 7.17. The number of benzene rings is 1. The van der Waals surface area contributed by atoms with Crippen molar-refractivity contribution in [2.45, 2.75) is 39.7 Å². The summed E-state index contributed by atoms with van der Waals surface area (Å²) >= 11 is 0. The zero-order valence-electron chi connectivity index (χ0n) is 11.4. The fourth-order valence-corrected chi connectivity index (χ4v) is 1.83. The van der Waals surface area contributed by atoms with Gasteiger partial charge in [0.05, 0.1) is 6.10 Å². The first kappa shape index (κ1) is 14.7. The molecule has 0 aliphatic heterocycles. The molecule has 0 aromatic heterocycles. The summed E-state index contributed by atoms with van der Waals surface area (Å²) in [5.74, 6) is 0.307. The van der Waals surface area contributed by atoms with Crippen LogP contribution in [0.1, 0.15) is 43.1 Å². The van der Waals surface area contributed by atoms with Gasteiger partial charge >= 0.3 is 0 Å². The van der Waals surface area contributed by atoms with Crippen LogP contribution in [0.5, 0.6) is 0 Å². The molecule has 0 saturated carbocycles. The summed E-state index contributed by atoms with van der Waals surface area (Å²) in [7, 11) is 0. The summed E-state index contributed by atoms with van der Waals surface area (Å²) in [6, 6.07) is 7.56. The van der Waals surface area contributed by atoms with E-state index in [1.165, 1.54) is 5.56 Å². The number of aliphatic hydroxyl groups excluding tert-OH is 1. The fraction of sp³-hybridized carbons (Fsp3) is 0.533. The summed E-state index contributed by atoms with van der Waals surface area (Å²) in [6.07, 6.45) is 1.20. The van der Waals surface area contributed by atoms with Crippen molar-refractivity contribution >= 4 is 5.91 Å². The second-order valence-electron chi connectivity index (χ2n) is 5.04. The Hall–Kier alpha value is -1.35. The Balaban J connectivity index is 2.44. The average Bonchev–Trinajstić information content (AvgIpc) is 2.35. The van der Waals surface area contributed by atoms with Gasteiger partial charge in [-0.05, 0) is 36.5 Å². The van der Waals surface area contributed by atoms with Gasteiger partial charge in [-0.25, -0.2) is 0 Å². The zero-order valence-corrected chi connectivity index (χ0v) is 11.4. The topological polar surface area (TPSA) is 49.3 Å². The van der Waals surface area contributed by atoms with Crippen LogP contribution in [0.15, 0.2) is 24.3 Å². The lowest BCUT2D eigenvalue weighted by Gasteiger charge is -2.13. The molecule has 1 aromatic rings. The van der Waals surface area contributed by atoms with Crippen LogP contribution in [0, 0.1) is 5.92 Å². The van der Waals surface area contributed by atoms with Gasteiger partial charge in [0.2, 0.25) is 0 Å². The predicted octanol–water partition coefficient (Wildman–Crippen LogP) is 2.39. The second-order valence-corrected chi connectivity index (χ2v) is 5.04. The molecule has 0 aliphatic carbocycles. The summed E-state index contributed by atoms with van der Waals surface area (Å²) in [5.41, 5.74) is 1.86. The van der Waals surface area contributed by atoms with E-state index in [4.69, 9.17) is 0 Å². The van der Waals surface area contributed by atoms with Crippen molar-refractivity contribution in [3.8, 4) is 0 Å². The number of aliphatic hydroxyl groups is 1. The number of carbonyl (C=O) groups is 1. The van der Waals surface area contributed by atoms with Crippen LogP contribution in [0.2, 0.25) is 0 Å². The van der Waals surface area contributed by atoms with Crippen molar-refractivity contribution in [3.63, 3.8) is 0 Å². The molecule has 1 aromatic carbocycles. The first-order valence-electron chi connectivity index (χ1n) is 6.58. The number of aryl methyl sites for hydroxylation is 1. The molecule has 0 spiro atoms. The maximum atomic E-state index is 11.8. The first-order valence-corrected chi connectivity index (χ1v) is 6.58. The molecule has 0 bridgehead atoms. The van der Waals surface area contributed by atoms with E-state index in [9.17, 15) is 9.90 Å². The lowest BCUT2D eigenvalue weighted by Crippen LogP contribution is -2.32. The highest BCUT2D eigenvalue weighted by atomic mass is 16.3. The lowest BCUT2D eigenvalue weighted by atomic mass is 10.1. The molecule has 3 heteroatoms. The predicted molar refractivity (Wildman–Crippen MR) is 73.6 cm³/mol. The van der Waals surface area contributed by atoms with Crippen molar-refractivity contribution < 1.29 is 9.90 Å². The minimum absolute atomic E-state index is 0.125. The third-order valence-electron chi connectivity index (χ3n) is 2.87. The highest BCUT2D eigenvalue weighted by Gasteiger charge is 2.10. The molecule has 0 fully saturated rings. The number of rotatable bonds is 6. The molecule has 2 N–H and O–H groups in total. The van der Waals surface area contributed by atoms with Gasteiger partial charge in [-0.1, -0.05) is 32.9 Å². The van der Waals surface area contributed by atoms with E-state index in [1.807, 2.05) is 24.3 Å². The van der Waals surface area contributed by atoms with Gasteiger partial charge in [0.15, 0.2) is 0 Å². The smallest absolute Gasteiger partial charge is 0.251 e. The Morgan fingerprint density at radius 2 is 1.89 bits per heavy atom. The number of hydrogen-bond donors (Lipinski definition) is 2. The Bertz CT molecular complexity index is 371. The first-order chi connectivity index (χ1) is 8.52. The largest absolute Gasteiger partial charge is 0.391 e. The van der Waals surface area contributed by atoms with E-state index in [0.29, 0.717) is 24.4 Å². The molecule has 1 atom stereocenters. The summed E-state index contributed by atoms with van der Waals surface area (Å²) < 4.78 is 0. The Morgan fingerprint density at radius 1 is 1.28 bits per heavy atom. The molecule has 1 amide bonds. The number of amides is 1. The maximum absolute atomic E-state index is 11.8. The van der Waals surface area contributed by atoms with Gasteiger partial charge < -0.3 is 10.4 Å². The van der Waals surface area contributed by atoms with Crippen molar-refractivity contribution in [1.29, 1.82) is 0 Å². The van der Waals surface area contributed by atoms with Crippen LogP contribution in [0.4, 0.5) is 0 Å². The van der Waals surface area contributed by atoms with Gasteiger partial charge in [-0.15, -0.1) is 0 Å². The Kier molecular flexibility index (Phi) is 5.86. The fourth-order valence-electron chi connectivity index (χ4n) is 1.83. The highest BCUT2D eigenvalue weighted by Crippen LogP contribution is 2.06. The third kappa shape index (κ3) is 4.88. The maximum Gasteiger partial charge on any atom is 0.251 e. The number of nitrogens with one attached hydrogen (secondary N) is 1. The van der Waals surface area contributed by atoms with Crippen molar-refractivity contribution in [1.82, 2.24) is 5.32 Å². The van der Waals surface area contributed by atoms with E-state index < -0.39 is 6.10 Å². The number of hydrogen-bond acceptors (Lipinski definition) is 2. The van der Waals surface area contributed by atoms with Gasteiger partial charge in [-0.3, -0.25) is 4.79 Å². The molecular formula is C15H23NO2. The van der Waals surface area contributed by atoms with Crippen molar-refractivity contribution in [3.05, 3.63) is 35.4 Å². The minimum atomic E-state index is -0.469. The Morgan fingerprint density at radius 3 is 2.39 bits per heavy atom. The third-order valence-corrected chi connectivity index (χ3v) is 2.87. The normalized spacial score (nSPS) is 12.5. The molecular weight excluding hydrogens is 226 g/mol. The SMILES string of the molecule is CCc1ccc(C(=O)NCC(O)CC(C)C)cc1. The summed E-state index contributed by atoms with van der Waals surface area (Å²) in [5, 5.41) is 12.4. The molecule has 1 unspecified atom stereocenters.